The van der Waals surface area contributed by atoms with Gasteiger partial charge >= 0.3 is 0 Å². The number of rotatable bonds is 3. The number of hydrogen-bond acceptors (Lipinski definition) is 2. The molecule has 0 fully saturated rings. The largest absolute Gasteiger partial charge is 0.330 e. The SMILES string of the molecule is NCCc1csc(-c2ccc(F)cc2)c1. The fraction of sp³-hybridized carbons (Fsp3) is 0.167. The third-order valence-electron chi connectivity index (χ3n) is 2.22. The molecule has 2 rings (SSSR count). The Morgan fingerprint density at radius 1 is 1.20 bits per heavy atom. The standard InChI is InChI=1S/C12H12FNS/c13-11-3-1-10(2-4-11)12-7-9(5-6-14)8-15-12/h1-4,7-8H,5-6,14H2. The van der Waals surface area contributed by atoms with E-state index >= 15 is 0 Å². The first kappa shape index (κ1) is 10.3. The summed E-state index contributed by atoms with van der Waals surface area (Å²) < 4.78 is 12.7. The van der Waals surface area contributed by atoms with Crippen LogP contribution in [-0.2, 0) is 6.42 Å². The first-order valence-electron chi connectivity index (χ1n) is 4.83. The second kappa shape index (κ2) is 4.55. The maximum Gasteiger partial charge on any atom is 0.123 e. The molecule has 0 aliphatic carbocycles. The van der Waals surface area contributed by atoms with Gasteiger partial charge in [-0.05, 0) is 47.7 Å². The monoisotopic (exact) mass is 221 g/mol. The van der Waals surface area contributed by atoms with E-state index in [0.29, 0.717) is 6.54 Å². The lowest BCUT2D eigenvalue weighted by molar-refractivity contribution is 0.628. The molecule has 0 radical (unpaired) electrons. The van der Waals surface area contributed by atoms with Gasteiger partial charge in [-0.2, -0.15) is 0 Å². The normalized spacial score (nSPS) is 10.5. The number of thiophene rings is 1. The van der Waals surface area contributed by atoms with Crippen molar-refractivity contribution in [2.75, 3.05) is 6.54 Å². The van der Waals surface area contributed by atoms with Crippen LogP contribution in [0.15, 0.2) is 35.7 Å². The fourth-order valence-corrected chi connectivity index (χ4v) is 2.39. The molecule has 1 aromatic carbocycles. The van der Waals surface area contributed by atoms with Crippen molar-refractivity contribution in [1.82, 2.24) is 0 Å². The second-order valence-electron chi connectivity index (χ2n) is 3.36. The Morgan fingerprint density at radius 2 is 1.93 bits per heavy atom. The van der Waals surface area contributed by atoms with Crippen LogP contribution in [0.4, 0.5) is 4.39 Å². The predicted molar refractivity (Wildman–Crippen MR) is 62.5 cm³/mol. The summed E-state index contributed by atoms with van der Waals surface area (Å²) >= 11 is 1.67. The molecule has 0 unspecified atom stereocenters. The molecule has 0 spiro atoms. The molecule has 2 aromatic rings. The van der Waals surface area contributed by atoms with Crippen molar-refractivity contribution in [3.05, 3.63) is 47.1 Å². The van der Waals surface area contributed by atoms with E-state index in [2.05, 4.69) is 11.4 Å². The quantitative estimate of drug-likeness (QED) is 0.847. The minimum Gasteiger partial charge on any atom is -0.330 e. The van der Waals surface area contributed by atoms with Crippen molar-refractivity contribution < 1.29 is 4.39 Å². The molecular weight excluding hydrogens is 209 g/mol. The molecule has 0 saturated carbocycles. The van der Waals surface area contributed by atoms with E-state index in [1.54, 1.807) is 23.5 Å². The van der Waals surface area contributed by atoms with E-state index in [1.807, 2.05) is 0 Å². The summed E-state index contributed by atoms with van der Waals surface area (Å²) in [5.41, 5.74) is 7.79. The zero-order valence-electron chi connectivity index (χ0n) is 8.24. The third-order valence-corrected chi connectivity index (χ3v) is 3.24. The molecule has 1 aromatic heterocycles. The van der Waals surface area contributed by atoms with Crippen LogP contribution in [0.5, 0.6) is 0 Å². The molecule has 0 atom stereocenters. The van der Waals surface area contributed by atoms with Crippen LogP contribution in [0.25, 0.3) is 10.4 Å². The zero-order chi connectivity index (χ0) is 10.7. The molecule has 78 valence electrons. The Hall–Kier alpha value is -1.19. The zero-order valence-corrected chi connectivity index (χ0v) is 9.06. The molecule has 1 heterocycles. The number of hydrogen-bond donors (Lipinski definition) is 1. The van der Waals surface area contributed by atoms with E-state index in [-0.39, 0.29) is 5.82 Å². The Balaban J connectivity index is 2.25. The van der Waals surface area contributed by atoms with Crippen molar-refractivity contribution in [2.45, 2.75) is 6.42 Å². The Bertz CT molecular complexity index is 433. The second-order valence-corrected chi connectivity index (χ2v) is 4.28. The van der Waals surface area contributed by atoms with Crippen molar-refractivity contribution in [3.63, 3.8) is 0 Å². The summed E-state index contributed by atoms with van der Waals surface area (Å²) in [6, 6.07) is 8.68. The van der Waals surface area contributed by atoms with Gasteiger partial charge in [0.15, 0.2) is 0 Å². The van der Waals surface area contributed by atoms with Gasteiger partial charge in [0, 0.05) is 4.88 Å². The van der Waals surface area contributed by atoms with Crippen LogP contribution in [0.1, 0.15) is 5.56 Å². The van der Waals surface area contributed by atoms with Gasteiger partial charge in [-0.15, -0.1) is 11.3 Å². The molecule has 0 amide bonds. The van der Waals surface area contributed by atoms with Crippen LogP contribution in [0.3, 0.4) is 0 Å². The van der Waals surface area contributed by atoms with Gasteiger partial charge in [0.2, 0.25) is 0 Å². The summed E-state index contributed by atoms with van der Waals surface area (Å²) in [5, 5.41) is 2.10. The average Bonchev–Trinajstić information content (AvgIpc) is 2.68. The molecule has 1 nitrogen and oxygen atoms in total. The highest BCUT2D eigenvalue weighted by molar-refractivity contribution is 7.13. The van der Waals surface area contributed by atoms with Crippen molar-refractivity contribution in [1.29, 1.82) is 0 Å². The summed E-state index contributed by atoms with van der Waals surface area (Å²) in [7, 11) is 0. The molecule has 3 heteroatoms. The summed E-state index contributed by atoms with van der Waals surface area (Å²) in [4.78, 5) is 1.17. The summed E-state index contributed by atoms with van der Waals surface area (Å²) in [5.74, 6) is -0.197. The van der Waals surface area contributed by atoms with Crippen LogP contribution >= 0.6 is 11.3 Å². The molecule has 0 saturated heterocycles. The topological polar surface area (TPSA) is 26.0 Å². The van der Waals surface area contributed by atoms with E-state index < -0.39 is 0 Å². The van der Waals surface area contributed by atoms with Crippen molar-refractivity contribution >= 4 is 11.3 Å². The maximum atomic E-state index is 12.7. The van der Waals surface area contributed by atoms with E-state index in [0.717, 1.165) is 12.0 Å². The first-order valence-corrected chi connectivity index (χ1v) is 5.71. The van der Waals surface area contributed by atoms with Crippen LogP contribution < -0.4 is 5.73 Å². The van der Waals surface area contributed by atoms with Crippen molar-refractivity contribution in [3.8, 4) is 10.4 Å². The van der Waals surface area contributed by atoms with Gasteiger partial charge in [0.25, 0.3) is 0 Å². The molecule has 0 aliphatic heterocycles. The summed E-state index contributed by atoms with van der Waals surface area (Å²) in [6.45, 7) is 0.666. The van der Waals surface area contributed by atoms with E-state index in [4.69, 9.17) is 5.73 Å². The summed E-state index contributed by atoms with van der Waals surface area (Å²) in [6.07, 6.45) is 0.900. The van der Waals surface area contributed by atoms with Gasteiger partial charge in [0.1, 0.15) is 5.82 Å². The predicted octanol–water partition coefficient (Wildman–Crippen LogP) is 3.06. The highest BCUT2D eigenvalue weighted by Crippen LogP contribution is 2.27. The third kappa shape index (κ3) is 2.43. The lowest BCUT2D eigenvalue weighted by atomic mass is 10.1. The van der Waals surface area contributed by atoms with Gasteiger partial charge in [-0.1, -0.05) is 12.1 Å². The Kier molecular flexibility index (Phi) is 3.14. The maximum absolute atomic E-state index is 12.7. The lowest BCUT2D eigenvalue weighted by Gasteiger charge is -1.96. The number of nitrogens with two attached hydrogens (primary N) is 1. The lowest BCUT2D eigenvalue weighted by Crippen LogP contribution is -2.01. The molecule has 0 bridgehead atoms. The molecular formula is C12H12FNS. The smallest absolute Gasteiger partial charge is 0.123 e. The Morgan fingerprint density at radius 3 is 2.60 bits per heavy atom. The van der Waals surface area contributed by atoms with Gasteiger partial charge in [0.05, 0.1) is 0 Å². The van der Waals surface area contributed by atoms with Gasteiger partial charge in [-0.3, -0.25) is 0 Å². The number of benzene rings is 1. The van der Waals surface area contributed by atoms with Gasteiger partial charge < -0.3 is 5.73 Å². The van der Waals surface area contributed by atoms with Crippen LogP contribution in [-0.4, -0.2) is 6.54 Å². The van der Waals surface area contributed by atoms with Crippen LogP contribution in [0, 0.1) is 5.82 Å². The first-order chi connectivity index (χ1) is 7.29. The highest BCUT2D eigenvalue weighted by Gasteiger charge is 2.02. The van der Waals surface area contributed by atoms with E-state index in [9.17, 15) is 4.39 Å². The molecule has 2 N–H and O–H groups in total. The minimum atomic E-state index is -0.197. The van der Waals surface area contributed by atoms with Crippen LogP contribution in [0.2, 0.25) is 0 Å². The van der Waals surface area contributed by atoms with E-state index in [1.165, 1.54) is 22.6 Å². The molecule has 15 heavy (non-hydrogen) atoms. The van der Waals surface area contributed by atoms with Gasteiger partial charge in [-0.25, -0.2) is 4.39 Å². The number of halogens is 1. The molecule has 0 aliphatic rings. The average molecular weight is 221 g/mol. The fourth-order valence-electron chi connectivity index (χ4n) is 1.44. The Labute approximate surface area is 92.4 Å². The minimum absolute atomic E-state index is 0.197. The highest BCUT2D eigenvalue weighted by atomic mass is 32.1. The van der Waals surface area contributed by atoms with Crippen molar-refractivity contribution in [2.24, 2.45) is 5.73 Å².